The van der Waals surface area contributed by atoms with Crippen LogP contribution in [0.25, 0.3) is 33.4 Å². The number of hydrogen-bond acceptors (Lipinski definition) is 5. The summed E-state index contributed by atoms with van der Waals surface area (Å²) in [6.07, 6.45) is 1.40. The van der Waals surface area contributed by atoms with E-state index in [-0.39, 0.29) is 0 Å². The van der Waals surface area contributed by atoms with Gasteiger partial charge in [0.1, 0.15) is 12.1 Å². The van der Waals surface area contributed by atoms with Crippen LogP contribution in [0.5, 0.6) is 0 Å². The molecule has 0 saturated carbocycles. The number of carbonyl (C=O) groups excluding carboxylic acids is 1. The van der Waals surface area contributed by atoms with Gasteiger partial charge in [-0.3, -0.25) is 0 Å². The summed E-state index contributed by atoms with van der Waals surface area (Å²) >= 11 is 3.51. The largest absolute Gasteiger partial charge is 0.383 e. The summed E-state index contributed by atoms with van der Waals surface area (Å²) in [7, 11) is 0. The third kappa shape index (κ3) is 3.49. The van der Waals surface area contributed by atoms with E-state index in [1.807, 2.05) is 42.5 Å². The van der Waals surface area contributed by atoms with Gasteiger partial charge in [-0.15, -0.1) is 0 Å². The number of rotatable bonds is 3. The molecule has 0 unspecified atom stereocenters. The predicted molar refractivity (Wildman–Crippen MR) is 114 cm³/mol. The molecule has 2 heterocycles. The quantitative estimate of drug-likeness (QED) is 0.446. The monoisotopic (exact) mass is 434 g/mol. The van der Waals surface area contributed by atoms with Crippen LogP contribution < -0.4 is 16.8 Å². The van der Waals surface area contributed by atoms with Crippen molar-refractivity contribution in [2.24, 2.45) is 5.73 Å². The number of halogens is 1. The molecule has 2 amide bonds. The van der Waals surface area contributed by atoms with Gasteiger partial charge in [-0.25, -0.2) is 19.7 Å². The molecule has 0 aliphatic heterocycles. The Labute approximate surface area is 169 Å². The van der Waals surface area contributed by atoms with Gasteiger partial charge in [0.05, 0.1) is 11.1 Å². The SMILES string of the molecule is NC(=O)Nc1ccc(-c2cc(-c3cccc(Br)c3)c3c(N)ncnc3n2)cc1. The van der Waals surface area contributed by atoms with E-state index < -0.39 is 6.03 Å². The molecular weight excluding hydrogens is 420 g/mol. The number of pyridine rings is 1. The van der Waals surface area contributed by atoms with Crippen LogP contribution in [-0.4, -0.2) is 21.0 Å². The molecule has 0 atom stereocenters. The zero-order chi connectivity index (χ0) is 19.7. The molecule has 4 aromatic rings. The second-order valence-corrected chi connectivity index (χ2v) is 7.01. The smallest absolute Gasteiger partial charge is 0.316 e. The topological polar surface area (TPSA) is 120 Å². The molecular formula is C20H15BrN6O. The van der Waals surface area contributed by atoms with Gasteiger partial charge >= 0.3 is 6.03 Å². The molecule has 5 N–H and O–H groups in total. The number of urea groups is 1. The Bertz CT molecular complexity index is 1190. The van der Waals surface area contributed by atoms with Crippen LogP contribution in [0.4, 0.5) is 16.3 Å². The predicted octanol–water partition coefficient (Wildman–Crippen LogP) is 4.19. The molecule has 8 heteroatoms. The van der Waals surface area contributed by atoms with Gasteiger partial charge in [-0.2, -0.15) is 0 Å². The summed E-state index contributed by atoms with van der Waals surface area (Å²) in [5, 5.41) is 3.25. The Morgan fingerprint density at radius 1 is 1.00 bits per heavy atom. The van der Waals surface area contributed by atoms with Crippen molar-refractivity contribution in [3.05, 3.63) is 65.4 Å². The molecule has 28 heavy (non-hydrogen) atoms. The minimum absolute atomic E-state index is 0.375. The third-order valence-electron chi connectivity index (χ3n) is 4.22. The molecule has 4 rings (SSSR count). The maximum Gasteiger partial charge on any atom is 0.316 e. The van der Waals surface area contributed by atoms with E-state index in [0.717, 1.165) is 26.9 Å². The number of benzene rings is 2. The second kappa shape index (κ2) is 7.24. The summed E-state index contributed by atoms with van der Waals surface area (Å²) in [4.78, 5) is 24.1. The van der Waals surface area contributed by atoms with Crippen LogP contribution in [0.2, 0.25) is 0 Å². The Morgan fingerprint density at radius 2 is 1.79 bits per heavy atom. The van der Waals surface area contributed by atoms with Gasteiger partial charge in [-0.05, 0) is 41.5 Å². The van der Waals surface area contributed by atoms with E-state index in [1.165, 1.54) is 6.33 Å². The molecule has 0 bridgehead atoms. The molecule has 7 nitrogen and oxygen atoms in total. The van der Waals surface area contributed by atoms with E-state index >= 15 is 0 Å². The number of primary amides is 1. The third-order valence-corrected chi connectivity index (χ3v) is 4.71. The van der Waals surface area contributed by atoms with Gasteiger partial charge in [-0.1, -0.05) is 40.2 Å². The summed E-state index contributed by atoms with van der Waals surface area (Å²) < 4.78 is 0.953. The maximum absolute atomic E-state index is 11.0. The highest BCUT2D eigenvalue weighted by Crippen LogP contribution is 2.34. The number of amides is 2. The van der Waals surface area contributed by atoms with Crippen molar-refractivity contribution in [2.75, 3.05) is 11.1 Å². The Kier molecular flexibility index (Phi) is 4.62. The van der Waals surface area contributed by atoms with Crippen LogP contribution >= 0.6 is 15.9 Å². The number of carbonyl (C=O) groups is 1. The number of anilines is 2. The second-order valence-electron chi connectivity index (χ2n) is 6.09. The number of nitrogens with one attached hydrogen (secondary N) is 1. The molecule has 0 saturated heterocycles. The van der Waals surface area contributed by atoms with Gasteiger partial charge in [0, 0.05) is 15.7 Å². The number of nitrogens with two attached hydrogens (primary N) is 2. The lowest BCUT2D eigenvalue weighted by Crippen LogP contribution is -2.19. The first-order chi connectivity index (χ1) is 13.5. The van der Waals surface area contributed by atoms with E-state index in [9.17, 15) is 4.79 Å². The standard InChI is InChI=1S/C20H15BrN6O/c21-13-3-1-2-12(8-13)15-9-16(27-19-17(15)18(22)24-10-25-19)11-4-6-14(7-5-11)26-20(23)28/h1-10H,(H3,23,26,28)(H2,22,24,25,27). The molecule has 0 spiro atoms. The zero-order valence-electron chi connectivity index (χ0n) is 14.6. The molecule has 0 aliphatic carbocycles. The molecule has 0 radical (unpaired) electrons. The number of hydrogen-bond donors (Lipinski definition) is 3. The van der Waals surface area contributed by atoms with Gasteiger partial charge in [0.15, 0.2) is 5.65 Å². The van der Waals surface area contributed by atoms with Gasteiger partial charge < -0.3 is 16.8 Å². The molecule has 138 valence electrons. The van der Waals surface area contributed by atoms with Crippen molar-refractivity contribution in [3.8, 4) is 22.4 Å². The number of aromatic nitrogens is 3. The van der Waals surface area contributed by atoms with E-state index in [0.29, 0.717) is 22.5 Å². The van der Waals surface area contributed by atoms with Gasteiger partial charge in [0.25, 0.3) is 0 Å². The van der Waals surface area contributed by atoms with Crippen molar-refractivity contribution in [1.82, 2.24) is 15.0 Å². The Morgan fingerprint density at radius 3 is 2.50 bits per heavy atom. The first-order valence-corrected chi connectivity index (χ1v) is 9.14. The van der Waals surface area contributed by atoms with E-state index in [1.54, 1.807) is 12.1 Å². The Balaban J connectivity index is 1.90. The lowest BCUT2D eigenvalue weighted by atomic mass is 10.00. The molecule has 2 aromatic heterocycles. The molecule has 0 aliphatic rings. The average molecular weight is 435 g/mol. The summed E-state index contributed by atoms with van der Waals surface area (Å²) in [6.45, 7) is 0. The lowest BCUT2D eigenvalue weighted by molar-refractivity contribution is 0.259. The number of fused-ring (bicyclic) bond motifs is 1. The average Bonchev–Trinajstić information content (AvgIpc) is 2.67. The van der Waals surface area contributed by atoms with Crippen LogP contribution in [0.15, 0.2) is 65.4 Å². The fraction of sp³-hybridized carbons (Fsp3) is 0. The van der Waals surface area contributed by atoms with Crippen LogP contribution in [0, 0.1) is 0 Å². The normalized spacial score (nSPS) is 10.8. The summed E-state index contributed by atoms with van der Waals surface area (Å²) in [5.74, 6) is 0.375. The molecule has 2 aromatic carbocycles. The zero-order valence-corrected chi connectivity index (χ0v) is 16.1. The Hall–Kier alpha value is -3.52. The van der Waals surface area contributed by atoms with Crippen LogP contribution in [0.1, 0.15) is 0 Å². The van der Waals surface area contributed by atoms with Crippen molar-refractivity contribution in [3.63, 3.8) is 0 Å². The fourth-order valence-electron chi connectivity index (χ4n) is 2.99. The highest BCUT2D eigenvalue weighted by atomic mass is 79.9. The van der Waals surface area contributed by atoms with Crippen molar-refractivity contribution >= 4 is 44.5 Å². The summed E-state index contributed by atoms with van der Waals surface area (Å²) in [5.41, 5.74) is 15.9. The fourth-order valence-corrected chi connectivity index (χ4v) is 3.39. The van der Waals surface area contributed by atoms with Crippen molar-refractivity contribution < 1.29 is 4.79 Å². The minimum atomic E-state index is -0.610. The number of nitrogen functional groups attached to an aromatic ring is 1. The van der Waals surface area contributed by atoms with Crippen LogP contribution in [0.3, 0.4) is 0 Å². The van der Waals surface area contributed by atoms with Gasteiger partial charge in [0.2, 0.25) is 0 Å². The first kappa shape index (κ1) is 17.9. The summed E-state index contributed by atoms with van der Waals surface area (Å²) in [6, 6.07) is 16.5. The van der Waals surface area contributed by atoms with Crippen LogP contribution in [-0.2, 0) is 0 Å². The first-order valence-electron chi connectivity index (χ1n) is 8.35. The van der Waals surface area contributed by atoms with Crippen molar-refractivity contribution in [2.45, 2.75) is 0 Å². The highest BCUT2D eigenvalue weighted by Gasteiger charge is 2.14. The van der Waals surface area contributed by atoms with E-state index in [2.05, 4.69) is 36.2 Å². The van der Waals surface area contributed by atoms with Crippen molar-refractivity contribution in [1.29, 1.82) is 0 Å². The minimum Gasteiger partial charge on any atom is -0.383 e. The maximum atomic E-state index is 11.0. The number of nitrogens with zero attached hydrogens (tertiary/aromatic N) is 3. The lowest BCUT2D eigenvalue weighted by Gasteiger charge is -2.11. The van der Waals surface area contributed by atoms with E-state index in [4.69, 9.17) is 11.5 Å². The molecule has 0 fully saturated rings. The highest BCUT2D eigenvalue weighted by molar-refractivity contribution is 9.10.